The lowest BCUT2D eigenvalue weighted by Gasteiger charge is -2.12. The van der Waals surface area contributed by atoms with E-state index in [1.807, 2.05) is 6.07 Å². The molecule has 0 aliphatic rings. The smallest absolute Gasteiger partial charge is 0.126 e. The molecule has 0 saturated carbocycles. The minimum atomic E-state index is -0.179. The van der Waals surface area contributed by atoms with E-state index in [1.165, 1.54) is 6.07 Å². The molecular weight excluding hydrogens is 191 g/mol. The maximum Gasteiger partial charge on any atom is 0.126 e. The number of nitrogens with two attached hydrogens (primary N) is 2. The molecule has 0 saturated heterocycles. The molecule has 0 unspecified atom stereocenters. The molecule has 4 N–H and O–H groups in total. The topological polar surface area (TPSA) is 52.0 Å². The van der Waals surface area contributed by atoms with Gasteiger partial charge in [0.15, 0.2) is 0 Å². The first-order chi connectivity index (χ1) is 7.15. The first kappa shape index (κ1) is 12.1. The fourth-order valence-electron chi connectivity index (χ4n) is 1.52. The van der Waals surface area contributed by atoms with Crippen molar-refractivity contribution in [2.45, 2.75) is 32.2 Å². The summed E-state index contributed by atoms with van der Waals surface area (Å²) in [6.45, 7) is 2.44. The van der Waals surface area contributed by atoms with Gasteiger partial charge in [-0.1, -0.05) is 18.6 Å². The third-order valence-electron chi connectivity index (χ3n) is 2.59. The van der Waals surface area contributed by atoms with Gasteiger partial charge in [-0.2, -0.15) is 0 Å². The summed E-state index contributed by atoms with van der Waals surface area (Å²) in [5, 5.41) is 0. The lowest BCUT2D eigenvalue weighted by atomic mass is 10.0. The quantitative estimate of drug-likeness (QED) is 0.732. The predicted octanol–water partition coefficient (Wildman–Crippen LogP) is 2.26. The second kappa shape index (κ2) is 5.83. The molecular formula is C12H19FN2. The SMILES string of the molecule is Cc1ccc([C@@H](N)CCCCN)cc1F. The largest absolute Gasteiger partial charge is 0.330 e. The van der Waals surface area contributed by atoms with Gasteiger partial charge in [-0.25, -0.2) is 4.39 Å². The number of unbranched alkanes of at least 4 members (excludes halogenated alkanes) is 1. The van der Waals surface area contributed by atoms with Crippen LogP contribution in [0.1, 0.15) is 36.4 Å². The van der Waals surface area contributed by atoms with Crippen LogP contribution in [-0.4, -0.2) is 6.54 Å². The molecule has 0 spiro atoms. The highest BCUT2D eigenvalue weighted by Crippen LogP contribution is 2.19. The van der Waals surface area contributed by atoms with Crippen molar-refractivity contribution >= 4 is 0 Å². The Morgan fingerprint density at radius 3 is 2.67 bits per heavy atom. The summed E-state index contributed by atoms with van der Waals surface area (Å²) in [7, 11) is 0. The molecule has 0 heterocycles. The average Bonchev–Trinajstić information content (AvgIpc) is 2.22. The summed E-state index contributed by atoms with van der Waals surface area (Å²) in [6.07, 6.45) is 2.83. The molecule has 0 bridgehead atoms. The van der Waals surface area contributed by atoms with Crippen LogP contribution in [0.4, 0.5) is 4.39 Å². The minimum absolute atomic E-state index is 0.0772. The average molecular weight is 210 g/mol. The number of rotatable bonds is 5. The van der Waals surface area contributed by atoms with Crippen LogP contribution in [-0.2, 0) is 0 Å². The molecule has 0 fully saturated rings. The van der Waals surface area contributed by atoms with Gasteiger partial charge in [-0.15, -0.1) is 0 Å². The van der Waals surface area contributed by atoms with Crippen LogP contribution in [0.25, 0.3) is 0 Å². The second-order valence-electron chi connectivity index (χ2n) is 3.90. The monoisotopic (exact) mass is 210 g/mol. The zero-order valence-corrected chi connectivity index (χ0v) is 9.17. The molecule has 15 heavy (non-hydrogen) atoms. The number of hydrogen-bond donors (Lipinski definition) is 2. The summed E-state index contributed by atoms with van der Waals surface area (Å²) in [5.41, 5.74) is 12.9. The zero-order valence-electron chi connectivity index (χ0n) is 9.17. The van der Waals surface area contributed by atoms with Crippen LogP contribution >= 0.6 is 0 Å². The van der Waals surface area contributed by atoms with Gasteiger partial charge in [0.1, 0.15) is 5.82 Å². The highest BCUT2D eigenvalue weighted by Gasteiger charge is 2.07. The highest BCUT2D eigenvalue weighted by molar-refractivity contribution is 5.25. The first-order valence-corrected chi connectivity index (χ1v) is 5.37. The molecule has 2 nitrogen and oxygen atoms in total. The normalized spacial score (nSPS) is 12.8. The summed E-state index contributed by atoms with van der Waals surface area (Å²) in [6, 6.07) is 5.12. The van der Waals surface area contributed by atoms with E-state index in [9.17, 15) is 4.39 Å². The first-order valence-electron chi connectivity index (χ1n) is 5.37. The van der Waals surface area contributed by atoms with E-state index < -0.39 is 0 Å². The molecule has 84 valence electrons. The van der Waals surface area contributed by atoms with Crippen LogP contribution in [0, 0.1) is 12.7 Å². The molecule has 1 aromatic rings. The van der Waals surface area contributed by atoms with Gasteiger partial charge in [-0.3, -0.25) is 0 Å². The summed E-state index contributed by atoms with van der Waals surface area (Å²) in [5.74, 6) is -0.179. The Hall–Kier alpha value is -0.930. The van der Waals surface area contributed by atoms with Crippen LogP contribution in [0.2, 0.25) is 0 Å². The fourth-order valence-corrected chi connectivity index (χ4v) is 1.52. The molecule has 0 amide bonds. The minimum Gasteiger partial charge on any atom is -0.330 e. The van der Waals surface area contributed by atoms with Crippen molar-refractivity contribution in [3.05, 3.63) is 35.1 Å². The maximum atomic E-state index is 13.3. The van der Waals surface area contributed by atoms with E-state index in [4.69, 9.17) is 11.5 Å². The van der Waals surface area contributed by atoms with Gasteiger partial charge in [0.05, 0.1) is 0 Å². The molecule has 0 aliphatic heterocycles. The Morgan fingerprint density at radius 1 is 1.33 bits per heavy atom. The van der Waals surface area contributed by atoms with Gasteiger partial charge in [-0.05, 0) is 43.5 Å². The maximum absolute atomic E-state index is 13.3. The number of hydrogen-bond acceptors (Lipinski definition) is 2. The van der Waals surface area contributed by atoms with Gasteiger partial charge in [0, 0.05) is 6.04 Å². The summed E-state index contributed by atoms with van der Waals surface area (Å²) < 4.78 is 13.3. The van der Waals surface area contributed by atoms with Crippen LogP contribution in [0.5, 0.6) is 0 Å². The Morgan fingerprint density at radius 2 is 2.07 bits per heavy atom. The number of benzene rings is 1. The Kier molecular flexibility index (Phi) is 4.72. The lowest BCUT2D eigenvalue weighted by molar-refractivity contribution is 0.577. The van der Waals surface area contributed by atoms with Crippen LogP contribution in [0.3, 0.4) is 0 Å². The Bertz CT molecular complexity index is 312. The van der Waals surface area contributed by atoms with Crippen molar-refractivity contribution in [1.82, 2.24) is 0 Å². The Labute approximate surface area is 90.5 Å². The van der Waals surface area contributed by atoms with E-state index >= 15 is 0 Å². The van der Waals surface area contributed by atoms with Crippen molar-refractivity contribution in [3.8, 4) is 0 Å². The summed E-state index contributed by atoms with van der Waals surface area (Å²) >= 11 is 0. The van der Waals surface area contributed by atoms with Crippen molar-refractivity contribution < 1.29 is 4.39 Å². The van der Waals surface area contributed by atoms with E-state index in [-0.39, 0.29) is 11.9 Å². The van der Waals surface area contributed by atoms with Gasteiger partial charge < -0.3 is 11.5 Å². The predicted molar refractivity (Wildman–Crippen MR) is 61.0 cm³/mol. The number of aryl methyl sites for hydroxylation is 1. The van der Waals surface area contributed by atoms with Crippen LogP contribution in [0.15, 0.2) is 18.2 Å². The van der Waals surface area contributed by atoms with Crippen molar-refractivity contribution in [1.29, 1.82) is 0 Å². The fraction of sp³-hybridized carbons (Fsp3) is 0.500. The molecule has 0 aromatic heterocycles. The van der Waals surface area contributed by atoms with Crippen LogP contribution < -0.4 is 11.5 Å². The second-order valence-corrected chi connectivity index (χ2v) is 3.90. The number of halogens is 1. The molecule has 3 heteroatoms. The molecule has 1 rings (SSSR count). The van der Waals surface area contributed by atoms with E-state index in [2.05, 4.69) is 0 Å². The highest BCUT2D eigenvalue weighted by atomic mass is 19.1. The van der Waals surface area contributed by atoms with Crippen molar-refractivity contribution in [2.24, 2.45) is 11.5 Å². The Balaban J connectivity index is 2.57. The molecule has 0 aliphatic carbocycles. The van der Waals surface area contributed by atoms with Gasteiger partial charge in [0.2, 0.25) is 0 Å². The van der Waals surface area contributed by atoms with E-state index in [0.717, 1.165) is 24.8 Å². The molecule has 0 radical (unpaired) electrons. The van der Waals surface area contributed by atoms with Crippen molar-refractivity contribution in [2.75, 3.05) is 6.54 Å². The third-order valence-corrected chi connectivity index (χ3v) is 2.59. The van der Waals surface area contributed by atoms with E-state index in [1.54, 1.807) is 13.0 Å². The third kappa shape index (κ3) is 3.61. The summed E-state index contributed by atoms with van der Waals surface area (Å²) in [4.78, 5) is 0. The lowest BCUT2D eigenvalue weighted by Crippen LogP contribution is -2.11. The van der Waals surface area contributed by atoms with E-state index in [0.29, 0.717) is 12.1 Å². The van der Waals surface area contributed by atoms with Gasteiger partial charge >= 0.3 is 0 Å². The molecule has 1 aromatic carbocycles. The van der Waals surface area contributed by atoms with Gasteiger partial charge in [0.25, 0.3) is 0 Å². The standard InChI is InChI=1S/C12H19FN2/c1-9-5-6-10(8-11(9)13)12(15)4-2-3-7-14/h5-6,8,12H,2-4,7,14-15H2,1H3/t12-/m0/s1. The molecule has 1 atom stereocenters. The zero-order chi connectivity index (χ0) is 11.3. The van der Waals surface area contributed by atoms with Crippen molar-refractivity contribution in [3.63, 3.8) is 0 Å².